The van der Waals surface area contributed by atoms with Crippen LogP contribution < -0.4 is 16.0 Å². The molecule has 0 spiro atoms. The summed E-state index contributed by atoms with van der Waals surface area (Å²) < 4.78 is 0. The number of benzene rings is 3. The van der Waals surface area contributed by atoms with E-state index in [0.29, 0.717) is 17.8 Å². The van der Waals surface area contributed by atoms with Crippen LogP contribution in [0.1, 0.15) is 56.7 Å². The van der Waals surface area contributed by atoms with Crippen LogP contribution in [0, 0.1) is 17.8 Å². The van der Waals surface area contributed by atoms with E-state index in [0.717, 1.165) is 77.8 Å². The van der Waals surface area contributed by atoms with Gasteiger partial charge in [0.2, 0.25) is 0 Å². The molecule has 3 aromatic carbocycles. The monoisotopic (exact) mass is 675 g/mol. The van der Waals surface area contributed by atoms with Crippen molar-refractivity contribution in [2.24, 2.45) is 17.8 Å². The van der Waals surface area contributed by atoms with Crippen molar-refractivity contribution in [3.8, 4) is 0 Å². The molecule has 0 aromatic heterocycles. The molecule has 0 aliphatic carbocycles. The molecule has 3 rings (SSSR count). The lowest BCUT2D eigenvalue weighted by Gasteiger charge is -2.28. The fourth-order valence-corrected chi connectivity index (χ4v) is 6.25. The fourth-order valence-electron chi connectivity index (χ4n) is 6.25. The third kappa shape index (κ3) is 17.7. The van der Waals surface area contributed by atoms with E-state index in [4.69, 9.17) is 0 Å². The number of nitrogens with one attached hydrogen (secondary N) is 3. The van der Waals surface area contributed by atoms with Crippen molar-refractivity contribution >= 4 is 0 Å². The molecule has 0 aliphatic rings. The number of nitrogens with zero attached hydrogens (tertiary/aromatic N) is 1. The van der Waals surface area contributed by atoms with Gasteiger partial charge in [-0.1, -0.05) is 112 Å². The molecule has 0 saturated carbocycles. The second-order valence-electron chi connectivity index (χ2n) is 14.5. The highest BCUT2D eigenvalue weighted by Gasteiger charge is 2.16. The molecule has 0 amide bonds. The van der Waals surface area contributed by atoms with Gasteiger partial charge in [0, 0.05) is 18.1 Å². The van der Waals surface area contributed by atoms with Crippen molar-refractivity contribution in [3.63, 3.8) is 0 Å². The summed E-state index contributed by atoms with van der Waals surface area (Å²) >= 11 is 0. The Bertz CT molecular complexity index is 1050. The average molecular weight is 675 g/mol. The van der Waals surface area contributed by atoms with Gasteiger partial charge in [-0.05, 0) is 112 Å². The minimum atomic E-state index is 0.0666. The number of aliphatic hydroxyl groups is 3. The molecular weight excluding hydrogens is 608 g/mol. The van der Waals surface area contributed by atoms with Gasteiger partial charge in [-0.3, -0.25) is 0 Å². The number of hydrogen-bond donors (Lipinski definition) is 6. The van der Waals surface area contributed by atoms with E-state index in [1.807, 2.05) is 18.2 Å². The van der Waals surface area contributed by atoms with E-state index < -0.39 is 0 Å². The van der Waals surface area contributed by atoms with Gasteiger partial charge in [0.25, 0.3) is 0 Å². The lowest BCUT2D eigenvalue weighted by molar-refractivity contribution is 0.204. The van der Waals surface area contributed by atoms with Gasteiger partial charge in [0.05, 0.1) is 19.8 Å². The highest BCUT2D eigenvalue weighted by molar-refractivity contribution is 5.17. The first-order valence-electron chi connectivity index (χ1n) is 18.7. The Hall–Kier alpha value is -2.62. The molecule has 0 bridgehead atoms. The zero-order valence-electron chi connectivity index (χ0n) is 30.5. The maximum Gasteiger partial charge on any atom is 0.0587 e. The van der Waals surface area contributed by atoms with Crippen LogP contribution in [-0.4, -0.2) is 97.4 Å². The van der Waals surface area contributed by atoms with Crippen LogP contribution in [0.15, 0.2) is 91.0 Å². The van der Waals surface area contributed by atoms with Gasteiger partial charge in [-0.25, -0.2) is 0 Å². The summed E-state index contributed by atoms with van der Waals surface area (Å²) in [7, 11) is 0. The van der Waals surface area contributed by atoms with Crippen LogP contribution in [0.4, 0.5) is 0 Å². The Balaban J connectivity index is 1.47. The molecule has 6 N–H and O–H groups in total. The molecule has 7 nitrogen and oxygen atoms in total. The van der Waals surface area contributed by atoms with E-state index in [2.05, 4.69) is 114 Å². The standard InChI is InChI=1S/C42H66N4O3/c1-34(28-43-40(31-47)25-37-13-7-4-8-14-37)19-22-46(23-20-35(2)29-44-41(32-48)26-38-15-9-5-10-16-38)24-21-36(3)30-45-42(33-49)27-39-17-11-6-12-18-39/h4-18,34-36,40-45,47-49H,19-33H2,1-3H3/t34?,35?,36?,40-,41-,42-/m0/s1. The Kier molecular flexibility index (Phi) is 20.4. The Labute approximate surface area is 297 Å². The Morgan fingerprint density at radius 2 is 0.714 bits per heavy atom. The van der Waals surface area contributed by atoms with Crippen molar-refractivity contribution in [3.05, 3.63) is 108 Å². The molecule has 0 fully saturated rings. The fraction of sp³-hybridized carbons (Fsp3) is 0.571. The molecule has 0 saturated heterocycles. The summed E-state index contributed by atoms with van der Waals surface area (Å²) in [4.78, 5) is 2.64. The van der Waals surface area contributed by atoms with E-state index in [9.17, 15) is 15.3 Å². The zero-order chi connectivity index (χ0) is 35.1. The molecule has 3 aromatic rings. The minimum absolute atomic E-state index is 0.0666. The maximum atomic E-state index is 9.99. The van der Waals surface area contributed by atoms with Gasteiger partial charge in [-0.2, -0.15) is 0 Å². The molecule has 0 aliphatic heterocycles. The van der Waals surface area contributed by atoms with Gasteiger partial charge < -0.3 is 36.2 Å². The summed E-state index contributed by atoms with van der Waals surface area (Å²) in [6.07, 6.45) is 5.80. The molecule has 3 unspecified atom stereocenters. The third-order valence-electron chi connectivity index (χ3n) is 9.72. The van der Waals surface area contributed by atoms with E-state index in [-0.39, 0.29) is 37.9 Å². The molecule has 0 heterocycles. The van der Waals surface area contributed by atoms with Gasteiger partial charge in [0.15, 0.2) is 0 Å². The van der Waals surface area contributed by atoms with Crippen LogP contribution in [0.3, 0.4) is 0 Å². The number of rotatable bonds is 27. The maximum absolute atomic E-state index is 9.99. The second kappa shape index (κ2) is 24.5. The smallest absolute Gasteiger partial charge is 0.0587 e. The molecular formula is C42H66N4O3. The summed E-state index contributed by atoms with van der Waals surface area (Å²) in [5.41, 5.74) is 3.74. The largest absolute Gasteiger partial charge is 0.395 e. The Morgan fingerprint density at radius 1 is 0.449 bits per heavy atom. The van der Waals surface area contributed by atoms with Crippen LogP contribution in [0.25, 0.3) is 0 Å². The van der Waals surface area contributed by atoms with Crippen LogP contribution in [0.2, 0.25) is 0 Å². The van der Waals surface area contributed by atoms with Crippen molar-refractivity contribution < 1.29 is 15.3 Å². The van der Waals surface area contributed by atoms with E-state index in [1.165, 1.54) is 16.7 Å². The summed E-state index contributed by atoms with van der Waals surface area (Å²) in [5.74, 6) is 1.49. The normalized spacial score (nSPS) is 15.5. The predicted octanol–water partition coefficient (Wildman–Crippen LogP) is 4.95. The molecule has 0 radical (unpaired) electrons. The lowest BCUT2D eigenvalue weighted by Crippen LogP contribution is -2.40. The first-order valence-corrected chi connectivity index (χ1v) is 18.7. The van der Waals surface area contributed by atoms with Crippen molar-refractivity contribution in [1.82, 2.24) is 20.9 Å². The van der Waals surface area contributed by atoms with Gasteiger partial charge in [-0.15, -0.1) is 0 Å². The van der Waals surface area contributed by atoms with Crippen LogP contribution in [0.5, 0.6) is 0 Å². The minimum Gasteiger partial charge on any atom is -0.395 e. The van der Waals surface area contributed by atoms with Gasteiger partial charge in [0.1, 0.15) is 0 Å². The first kappa shape index (κ1) is 40.8. The quantitative estimate of drug-likeness (QED) is 0.0682. The van der Waals surface area contributed by atoms with Crippen LogP contribution in [-0.2, 0) is 19.3 Å². The third-order valence-corrected chi connectivity index (χ3v) is 9.72. The van der Waals surface area contributed by atoms with E-state index in [1.54, 1.807) is 0 Å². The molecule has 49 heavy (non-hydrogen) atoms. The zero-order valence-corrected chi connectivity index (χ0v) is 30.5. The van der Waals surface area contributed by atoms with Crippen molar-refractivity contribution in [2.75, 3.05) is 59.1 Å². The summed E-state index contributed by atoms with van der Waals surface area (Å²) in [5, 5.41) is 40.8. The topological polar surface area (TPSA) is 100 Å². The average Bonchev–Trinajstić information content (AvgIpc) is 3.14. The Morgan fingerprint density at radius 3 is 0.959 bits per heavy atom. The second-order valence-corrected chi connectivity index (χ2v) is 14.5. The predicted molar refractivity (Wildman–Crippen MR) is 205 cm³/mol. The first-order chi connectivity index (χ1) is 23.9. The summed E-state index contributed by atoms with van der Waals surface area (Å²) in [6.45, 7) is 13.1. The highest BCUT2D eigenvalue weighted by atomic mass is 16.3. The van der Waals surface area contributed by atoms with E-state index >= 15 is 0 Å². The van der Waals surface area contributed by atoms with Gasteiger partial charge >= 0.3 is 0 Å². The molecule has 7 heteroatoms. The lowest BCUT2D eigenvalue weighted by atomic mass is 10.0. The number of aliphatic hydroxyl groups excluding tert-OH is 3. The SMILES string of the molecule is CC(CCN(CCC(C)CN[C@H](CO)Cc1ccccc1)CCC(C)CN[C@H](CO)Cc1ccccc1)CN[C@H](CO)Cc1ccccc1. The van der Waals surface area contributed by atoms with Crippen molar-refractivity contribution in [2.45, 2.75) is 77.4 Å². The van der Waals surface area contributed by atoms with Crippen LogP contribution >= 0.6 is 0 Å². The summed E-state index contributed by atoms with van der Waals surface area (Å²) in [6, 6.07) is 31.4. The highest BCUT2D eigenvalue weighted by Crippen LogP contribution is 2.13. The molecule has 6 atom stereocenters. The number of hydrogen-bond acceptors (Lipinski definition) is 7. The van der Waals surface area contributed by atoms with Crippen molar-refractivity contribution in [1.29, 1.82) is 0 Å². The molecule has 272 valence electrons.